The number of carbonyl (C=O) groups is 1. The van der Waals surface area contributed by atoms with Crippen LogP contribution >= 0.6 is 0 Å². The van der Waals surface area contributed by atoms with Gasteiger partial charge in [-0.2, -0.15) is 18.3 Å². The highest BCUT2D eigenvalue weighted by molar-refractivity contribution is 5.95. The van der Waals surface area contributed by atoms with E-state index in [1.165, 1.54) is 19.3 Å². The first-order valence-electron chi connectivity index (χ1n) is 7.39. The summed E-state index contributed by atoms with van der Waals surface area (Å²) in [6.07, 6.45) is 1.33. The Morgan fingerprint density at radius 2 is 1.73 bits per heavy atom. The molecular formula is C16H19F3N2O. The normalized spacial score (nSPS) is 17.4. The van der Waals surface area contributed by atoms with E-state index in [0.29, 0.717) is 5.92 Å². The fraction of sp³-hybridized carbons (Fsp3) is 0.500. The van der Waals surface area contributed by atoms with E-state index in [1.54, 1.807) is 0 Å². The number of carbonyl (C=O) groups excluding carboxylic acids is 1. The first-order chi connectivity index (χ1) is 10.4. The number of nitrogens with zero attached hydrogens (tertiary/aromatic N) is 1. The second-order valence-electron chi connectivity index (χ2n) is 5.60. The van der Waals surface area contributed by atoms with Crippen LogP contribution in [0.3, 0.4) is 0 Å². The number of hydrogen-bond acceptors (Lipinski definition) is 2. The minimum atomic E-state index is -4.40. The SMILES string of the molecule is C/C(=N/NC(=O)c1ccc(C(F)(F)F)cc1)C1CCCCC1. The standard InChI is InChI=1S/C16H19F3N2O/c1-11(12-5-3-2-4-6-12)20-21-15(22)13-7-9-14(10-8-13)16(17,18)19/h7-10,12H,2-6H2,1H3,(H,21,22)/b20-11-. The van der Waals surface area contributed by atoms with E-state index in [0.717, 1.165) is 42.8 Å². The van der Waals surface area contributed by atoms with Crippen LogP contribution in [-0.4, -0.2) is 11.6 Å². The smallest absolute Gasteiger partial charge is 0.267 e. The molecule has 1 aromatic carbocycles. The van der Waals surface area contributed by atoms with Gasteiger partial charge in [0.1, 0.15) is 0 Å². The van der Waals surface area contributed by atoms with Gasteiger partial charge in [0.05, 0.1) is 5.56 Å². The highest BCUT2D eigenvalue weighted by Crippen LogP contribution is 2.29. The lowest BCUT2D eigenvalue weighted by Crippen LogP contribution is -2.23. The van der Waals surface area contributed by atoms with Crippen LogP contribution in [0.25, 0.3) is 0 Å². The van der Waals surface area contributed by atoms with Crippen LogP contribution in [0.5, 0.6) is 0 Å². The van der Waals surface area contributed by atoms with Crippen molar-refractivity contribution < 1.29 is 18.0 Å². The average Bonchev–Trinajstić information content (AvgIpc) is 2.52. The molecule has 1 saturated carbocycles. The zero-order valence-corrected chi connectivity index (χ0v) is 12.4. The lowest BCUT2D eigenvalue weighted by molar-refractivity contribution is -0.137. The molecule has 1 aliphatic rings. The van der Waals surface area contributed by atoms with Crippen molar-refractivity contribution in [2.75, 3.05) is 0 Å². The third-order valence-corrected chi connectivity index (χ3v) is 4.00. The molecular weight excluding hydrogens is 293 g/mol. The first-order valence-corrected chi connectivity index (χ1v) is 7.39. The van der Waals surface area contributed by atoms with Crippen molar-refractivity contribution in [3.8, 4) is 0 Å². The van der Waals surface area contributed by atoms with Gasteiger partial charge in [-0.25, -0.2) is 5.43 Å². The van der Waals surface area contributed by atoms with Crippen molar-refractivity contribution in [2.45, 2.75) is 45.2 Å². The van der Waals surface area contributed by atoms with Crippen molar-refractivity contribution in [1.29, 1.82) is 0 Å². The van der Waals surface area contributed by atoms with Gasteiger partial charge in [0.2, 0.25) is 0 Å². The second-order valence-corrected chi connectivity index (χ2v) is 5.60. The molecule has 22 heavy (non-hydrogen) atoms. The second kappa shape index (κ2) is 6.94. The molecule has 2 rings (SSSR count). The number of hydrogen-bond donors (Lipinski definition) is 1. The van der Waals surface area contributed by atoms with Gasteiger partial charge in [-0.1, -0.05) is 19.3 Å². The first kappa shape index (κ1) is 16.5. The van der Waals surface area contributed by atoms with Crippen LogP contribution in [0, 0.1) is 5.92 Å². The summed E-state index contributed by atoms with van der Waals surface area (Å²) < 4.78 is 37.4. The Morgan fingerprint density at radius 3 is 2.27 bits per heavy atom. The van der Waals surface area contributed by atoms with Gasteiger partial charge in [-0.05, 0) is 49.9 Å². The van der Waals surface area contributed by atoms with Crippen LogP contribution in [0.2, 0.25) is 0 Å². The van der Waals surface area contributed by atoms with Crippen molar-refractivity contribution in [2.24, 2.45) is 11.0 Å². The van der Waals surface area contributed by atoms with Gasteiger partial charge >= 0.3 is 6.18 Å². The summed E-state index contributed by atoms with van der Waals surface area (Å²) in [5, 5.41) is 4.09. The van der Waals surface area contributed by atoms with Crippen LogP contribution < -0.4 is 5.43 Å². The Morgan fingerprint density at radius 1 is 1.14 bits per heavy atom. The summed E-state index contributed by atoms with van der Waals surface area (Å²) in [4.78, 5) is 11.9. The molecule has 1 aliphatic carbocycles. The molecule has 0 unspecified atom stereocenters. The molecule has 0 atom stereocenters. The number of amides is 1. The molecule has 0 aliphatic heterocycles. The van der Waals surface area contributed by atoms with Gasteiger partial charge in [-0.3, -0.25) is 4.79 Å². The molecule has 0 heterocycles. The molecule has 1 N–H and O–H groups in total. The Balaban J connectivity index is 1.97. The number of halogens is 3. The van der Waals surface area contributed by atoms with Gasteiger partial charge in [0.15, 0.2) is 0 Å². The lowest BCUT2D eigenvalue weighted by atomic mass is 9.86. The predicted molar refractivity (Wildman–Crippen MR) is 78.6 cm³/mol. The molecule has 0 bridgehead atoms. The van der Waals surface area contributed by atoms with Crippen molar-refractivity contribution >= 4 is 11.6 Å². The quantitative estimate of drug-likeness (QED) is 0.652. The van der Waals surface area contributed by atoms with Gasteiger partial charge < -0.3 is 0 Å². The summed E-state index contributed by atoms with van der Waals surface area (Å²) >= 11 is 0. The van der Waals surface area contributed by atoms with E-state index in [-0.39, 0.29) is 5.56 Å². The van der Waals surface area contributed by atoms with Gasteiger partial charge in [-0.15, -0.1) is 0 Å². The zero-order chi connectivity index (χ0) is 16.2. The fourth-order valence-corrected chi connectivity index (χ4v) is 2.63. The molecule has 0 radical (unpaired) electrons. The maximum Gasteiger partial charge on any atom is 0.416 e. The highest BCUT2D eigenvalue weighted by Gasteiger charge is 2.30. The van der Waals surface area contributed by atoms with E-state index in [1.807, 2.05) is 6.92 Å². The van der Waals surface area contributed by atoms with E-state index in [4.69, 9.17) is 0 Å². The summed E-state index contributed by atoms with van der Waals surface area (Å²) in [6.45, 7) is 1.88. The minimum Gasteiger partial charge on any atom is -0.267 e. The molecule has 0 saturated heterocycles. The fourth-order valence-electron chi connectivity index (χ4n) is 2.63. The number of rotatable bonds is 3. The number of hydrazone groups is 1. The van der Waals surface area contributed by atoms with E-state index in [9.17, 15) is 18.0 Å². The Kier molecular flexibility index (Phi) is 5.21. The lowest BCUT2D eigenvalue weighted by Gasteiger charge is -2.21. The molecule has 3 nitrogen and oxygen atoms in total. The summed E-state index contributed by atoms with van der Waals surface area (Å²) in [5.74, 6) is -0.106. The number of nitrogens with one attached hydrogen (secondary N) is 1. The minimum absolute atomic E-state index is 0.160. The summed E-state index contributed by atoms with van der Waals surface area (Å²) in [7, 11) is 0. The maximum atomic E-state index is 12.5. The number of benzene rings is 1. The molecule has 120 valence electrons. The Bertz CT molecular complexity index is 544. The highest BCUT2D eigenvalue weighted by atomic mass is 19.4. The third-order valence-electron chi connectivity index (χ3n) is 4.00. The van der Waals surface area contributed by atoms with E-state index >= 15 is 0 Å². The summed E-state index contributed by atoms with van der Waals surface area (Å²) in [6, 6.07) is 4.10. The number of alkyl halides is 3. The average molecular weight is 312 g/mol. The maximum absolute atomic E-state index is 12.5. The molecule has 1 aromatic rings. The zero-order valence-electron chi connectivity index (χ0n) is 12.4. The van der Waals surface area contributed by atoms with E-state index in [2.05, 4.69) is 10.5 Å². The Hall–Kier alpha value is -1.85. The van der Waals surface area contributed by atoms with Gasteiger partial charge in [0.25, 0.3) is 5.91 Å². The van der Waals surface area contributed by atoms with Crippen LogP contribution in [0.1, 0.15) is 54.9 Å². The van der Waals surface area contributed by atoms with Gasteiger partial charge in [0, 0.05) is 11.3 Å². The molecule has 1 amide bonds. The van der Waals surface area contributed by atoms with Crippen molar-refractivity contribution in [3.05, 3.63) is 35.4 Å². The largest absolute Gasteiger partial charge is 0.416 e. The predicted octanol–water partition coefficient (Wildman–Crippen LogP) is 4.39. The summed E-state index contributed by atoms with van der Waals surface area (Å²) in [5.41, 5.74) is 2.69. The Labute approximate surface area is 127 Å². The van der Waals surface area contributed by atoms with Crippen LogP contribution in [0.15, 0.2) is 29.4 Å². The van der Waals surface area contributed by atoms with Crippen molar-refractivity contribution in [1.82, 2.24) is 5.43 Å². The van der Waals surface area contributed by atoms with Crippen LogP contribution in [-0.2, 0) is 6.18 Å². The van der Waals surface area contributed by atoms with Crippen molar-refractivity contribution in [3.63, 3.8) is 0 Å². The third kappa shape index (κ3) is 4.32. The van der Waals surface area contributed by atoms with Crippen LogP contribution in [0.4, 0.5) is 13.2 Å². The monoisotopic (exact) mass is 312 g/mol. The topological polar surface area (TPSA) is 41.5 Å². The molecule has 0 spiro atoms. The molecule has 6 heteroatoms. The molecule has 1 fully saturated rings. The molecule has 0 aromatic heterocycles. The van der Waals surface area contributed by atoms with E-state index < -0.39 is 17.6 Å².